The number of halogens is 3. The minimum atomic E-state index is -4.42. The molecule has 0 aliphatic carbocycles. The highest BCUT2D eigenvalue weighted by Gasteiger charge is 2.38. The fourth-order valence-electron chi connectivity index (χ4n) is 2.80. The van der Waals surface area contributed by atoms with Gasteiger partial charge >= 0.3 is 6.18 Å². The van der Waals surface area contributed by atoms with E-state index >= 15 is 0 Å². The van der Waals surface area contributed by atoms with Crippen molar-refractivity contribution >= 4 is 5.95 Å². The molecule has 1 N–H and O–H groups in total. The number of nitrogens with one attached hydrogen (secondary N) is 1. The average Bonchev–Trinajstić information content (AvgIpc) is 2.46. The molecule has 20 heavy (non-hydrogen) atoms. The molecule has 1 fully saturated rings. The van der Waals surface area contributed by atoms with Crippen molar-refractivity contribution in [2.24, 2.45) is 0 Å². The second-order valence-electron chi connectivity index (χ2n) is 5.27. The number of aromatic nitrogens is 2. The Morgan fingerprint density at radius 3 is 2.50 bits per heavy atom. The lowest BCUT2D eigenvalue weighted by atomic mass is 10.0. The zero-order chi connectivity index (χ0) is 14.2. The molecule has 0 radical (unpaired) electrons. The Labute approximate surface area is 115 Å². The van der Waals surface area contributed by atoms with Gasteiger partial charge in [0.1, 0.15) is 0 Å². The maximum atomic E-state index is 13.2. The van der Waals surface area contributed by atoms with Crippen molar-refractivity contribution in [3.8, 4) is 0 Å². The number of hydrogen-bond acceptors (Lipinski definition) is 4. The van der Waals surface area contributed by atoms with Crippen molar-refractivity contribution in [3.63, 3.8) is 0 Å². The highest BCUT2D eigenvalue weighted by molar-refractivity contribution is 5.39. The van der Waals surface area contributed by atoms with E-state index in [9.17, 15) is 13.2 Å². The zero-order valence-electron chi connectivity index (χ0n) is 11.1. The number of rotatable bonds is 1. The predicted octanol–water partition coefficient (Wildman–Crippen LogP) is 2.13. The van der Waals surface area contributed by atoms with E-state index in [0.29, 0.717) is 18.7 Å². The Hall–Kier alpha value is -1.37. The molecular formula is C13H17F3N4. The molecule has 1 aromatic heterocycles. The van der Waals surface area contributed by atoms with Crippen LogP contribution >= 0.6 is 0 Å². The molecule has 7 heteroatoms. The predicted molar refractivity (Wildman–Crippen MR) is 68.5 cm³/mol. The van der Waals surface area contributed by atoms with Gasteiger partial charge in [-0.15, -0.1) is 0 Å². The molecule has 110 valence electrons. The van der Waals surface area contributed by atoms with E-state index in [2.05, 4.69) is 15.3 Å². The Bertz CT molecular complexity index is 495. The molecule has 3 heterocycles. The van der Waals surface area contributed by atoms with E-state index in [1.54, 1.807) is 0 Å². The van der Waals surface area contributed by atoms with Gasteiger partial charge in [-0.3, -0.25) is 0 Å². The van der Waals surface area contributed by atoms with Crippen molar-refractivity contribution < 1.29 is 13.2 Å². The standard InChI is InChI=1S/C13H17F3N4/c14-13(15,16)11-9-8-17-5-4-10(9)18-12(19-11)20-6-2-1-3-7-20/h17H,1-8H2. The molecule has 0 unspecified atom stereocenters. The van der Waals surface area contributed by atoms with E-state index in [1.165, 1.54) is 0 Å². The second kappa shape index (κ2) is 5.20. The number of alkyl halides is 3. The maximum Gasteiger partial charge on any atom is 0.433 e. The summed E-state index contributed by atoms with van der Waals surface area (Å²) in [5, 5.41) is 2.96. The van der Waals surface area contributed by atoms with Gasteiger partial charge in [0.25, 0.3) is 0 Å². The summed E-state index contributed by atoms with van der Waals surface area (Å²) in [6.07, 6.45) is -0.789. The van der Waals surface area contributed by atoms with E-state index < -0.39 is 11.9 Å². The van der Waals surface area contributed by atoms with Crippen LogP contribution in [0.5, 0.6) is 0 Å². The molecule has 0 saturated carbocycles. The van der Waals surface area contributed by atoms with Crippen LogP contribution in [-0.4, -0.2) is 29.6 Å². The van der Waals surface area contributed by atoms with Crippen LogP contribution in [0.3, 0.4) is 0 Å². The smallest absolute Gasteiger partial charge is 0.341 e. The molecule has 0 aromatic carbocycles. The first-order chi connectivity index (χ1) is 9.55. The molecule has 0 bridgehead atoms. The van der Waals surface area contributed by atoms with Gasteiger partial charge in [0.15, 0.2) is 5.69 Å². The van der Waals surface area contributed by atoms with Gasteiger partial charge in [0.05, 0.1) is 5.69 Å². The van der Waals surface area contributed by atoms with E-state index in [1.807, 2.05) is 4.90 Å². The Morgan fingerprint density at radius 2 is 1.80 bits per heavy atom. The van der Waals surface area contributed by atoms with Crippen molar-refractivity contribution in [1.29, 1.82) is 0 Å². The third kappa shape index (κ3) is 2.59. The van der Waals surface area contributed by atoms with Crippen LogP contribution in [0.1, 0.15) is 36.2 Å². The molecule has 0 atom stereocenters. The normalized spacial score (nSPS) is 19.9. The molecular weight excluding hydrogens is 269 g/mol. The van der Waals surface area contributed by atoms with Crippen LogP contribution in [-0.2, 0) is 19.1 Å². The minimum absolute atomic E-state index is 0.199. The van der Waals surface area contributed by atoms with Crippen LogP contribution in [0.4, 0.5) is 19.1 Å². The lowest BCUT2D eigenvalue weighted by Gasteiger charge is -2.29. The summed E-state index contributed by atoms with van der Waals surface area (Å²) in [7, 11) is 0. The average molecular weight is 286 g/mol. The fraction of sp³-hybridized carbons (Fsp3) is 0.692. The topological polar surface area (TPSA) is 41.1 Å². The molecule has 0 spiro atoms. The zero-order valence-corrected chi connectivity index (χ0v) is 11.1. The molecule has 2 aliphatic rings. The summed E-state index contributed by atoms with van der Waals surface area (Å²) < 4.78 is 39.6. The number of fused-ring (bicyclic) bond motifs is 1. The van der Waals surface area contributed by atoms with Crippen molar-refractivity contribution in [1.82, 2.24) is 15.3 Å². The number of anilines is 1. The Kier molecular flexibility index (Phi) is 3.54. The Morgan fingerprint density at radius 1 is 1.05 bits per heavy atom. The maximum absolute atomic E-state index is 13.2. The first-order valence-electron chi connectivity index (χ1n) is 6.98. The molecule has 1 saturated heterocycles. The van der Waals surface area contributed by atoms with Crippen LogP contribution in [0.15, 0.2) is 0 Å². The third-order valence-corrected chi connectivity index (χ3v) is 3.83. The number of nitrogens with zero attached hydrogens (tertiary/aromatic N) is 3. The molecule has 4 nitrogen and oxygen atoms in total. The molecule has 2 aliphatic heterocycles. The monoisotopic (exact) mass is 286 g/mol. The van der Waals surface area contributed by atoms with E-state index in [0.717, 1.165) is 32.4 Å². The van der Waals surface area contributed by atoms with Gasteiger partial charge in [-0.25, -0.2) is 9.97 Å². The lowest BCUT2D eigenvalue weighted by Crippen LogP contribution is -2.34. The van der Waals surface area contributed by atoms with E-state index in [4.69, 9.17) is 0 Å². The van der Waals surface area contributed by atoms with Crippen LogP contribution in [0, 0.1) is 0 Å². The summed E-state index contributed by atoms with van der Waals surface area (Å²) in [6.45, 7) is 2.36. The fourth-order valence-corrected chi connectivity index (χ4v) is 2.80. The summed E-state index contributed by atoms with van der Waals surface area (Å²) in [6, 6.07) is 0. The SMILES string of the molecule is FC(F)(F)c1nc(N2CCCCC2)nc2c1CNCC2. The van der Waals surface area contributed by atoms with Crippen molar-refractivity contribution in [2.75, 3.05) is 24.5 Å². The van der Waals surface area contributed by atoms with Gasteiger partial charge in [-0.05, 0) is 19.3 Å². The highest BCUT2D eigenvalue weighted by Crippen LogP contribution is 2.34. The minimum Gasteiger partial charge on any atom is -0.341 e. The number of hydrogen-bond donors (Lipinski definition) is 1. The lowest BCUT2D eigenvalue weighted by molar-refractivity contribution is -0.142. The summed E-state index contributed by atoms with van der Waals surface area (Å²) in [5.41, 5.74) is -0.00793. The molecule has 3 rings (SSSR count). The van der Waals surface area contributed by atoms with Gasteiger partial charge in [-0.1, -0.05) is 0 Å². The van der Waals surface area contributed by atoms with Gasteiger partial charge in [0.2, 0.25) is 5.95 Å². The summed E-state index contributed by atoms with van der Waals surface area (Å²) in [5.74, 6) is 0.248. The van der Waals surface area contributed by atoms with Gasteiger partial charge in [0, 0.05) is 38.2 Å². The molecule has 0 amide bonds. The van der Waals surface area contributed by atoms with Crippen LogP contribution in [0.2, 0.25) is 0 Å². The first kappa shape index (κ1) is 13.6. The highest BCUT2D eigenvalue weighted by atomic mass is 19.4. The number of piperidine rings is 1. The second-order valence-corrected chi connectivity index (χ2v) is 5.27. The van der Waals surface area contributed by atoms with Gasteiger partial charge < -0.3 is 10.2 Å². The first-order valence-corrected chi connectivity index (χ1v) is 6.98. The Balaban J connectivity index is 2.03. The summed E-state index contributed by atoms with van der Waals surface area (Å²) >= 11 is 0. The van der Waals surface area contributed by atoms with Crippen LogP contribution < -0.4 is 10.2 Å². The largest absolute Gasteiger partial charge is 0.433 e. The van der Waals surface area contributed by atoms with E-state index in [-0.39, 0.29) is 18.1 Å². The van der Waals surface area contributed by atoms with Crippen molar-refractivity contribution in [2.45, 2.75) is 38.4 Å². The quantitative estimate of drug-likeness (QED) is 0.858. The van der Waals surface area contributed by atoms with Gasteiger partial charge in [-0.2, -0.15) is 13.2 Å². The summed E-state index contributed by atoms with van der Waals surface area (Å²) in [4.78, 5) is 10.1. The molecule has 1 aromatic rings. The third-order valence-electron chi connectivity index (χ3n) is 3.83. The van der Waals surface area contributed by atoms with Crippen LogP contribution in [0.25, 0.3) is 0 Å². The van der Waals surface area contributed by atoms with Crippen molar-refractivity contribution in [3.05, 3.63) is 17.0 Å².